The van der Waals surface area contributed by atoms with E-state index in [1.165, 1.54) is 0 Å². The molecule has 14 heavy (non-hydrogen) atoms. The molecule has 8 heteroatoms. The molecule has 4 N–H and O–H groups in total. The summed E-state index contributed by atoms with van der Waals surface area (Å²) >= 11 is 0.750. The third-order valence-corrected chi connectivity index (χ3v) is 1.47. The molecule has 0 aromatic rings. The van der Waals surface area contributed by atoms with Crippen molar-refractivity contribution >= 4 is 22.2 Å². The van der Waals surface area contributed by atoms with Crippen LogP contribution in [0.5, 0.6) is 0 Å². The molecule has 2 atom stereocenters. The van der Waals surface area contributed by atoms with Crippen molar-refractivity contribution in [3.05, 3.63) is 11.7 Å². The van der Waals surface area contributed by atoms with Gasteiger partial charge in [0.1, 0.15) is 6.10 Å². The summed E-state index contributed by atoms with van der Waals surface area (Å²) in [6.45, 7) is -0.684. The Morgan fingerprint density at radius 2 is 1.93 bits per heavy atom. The zero-order valence-corrected chi connectivity index (χ0v) is 8.97. The van der Waals surface area contributed by atoms with Gasteiger partial charge in [-0.15, -0.1) is 0 Å². The standard InChI is InChI=1S/C6H8O6.GeO/c7-1-2(8)5-3(9)4(10)6(11)12-5;1-2/h2,5,7-8,10-11H,1H2;. The van der Waals surface area contributed by atoms with Crippen LogP contribution in [0.2, 0.25) is 0 Å². The number of hydrogen-bond acceptors (Lipinski definition) is 7. The van der Waals surface area contributed by atoms with E-state index in [0.29, 0.717) is 0 Å². The quantitative estimate of drug-likeness (QED) is 0.429. The molecule has 2 radical (unpaired) electrons. The third kappa shape index (κ3) is 2.53. The van der Waals surface area contributed by atoms with Crippen molar-refractivity contribution < 1.29 is 33.7 Å². The molecule has 1 aliphatic rings. The molecule has 78 valence electrons. The molecule has 1 aliphatic heterocycles. The summed E-state index contributed by atoms with van der Waals surface area (Å²) in [5.74, 6) is -2.78. The van der Waals surface area contributed by atoms with Crippen molar-refractivity contribution in [2.24, 2.45) is 0 Å². The Labute approximate surface area is 87.1 Å². The Morgan fingerprint density at radius 1 is 1.43 bits per heavy atom. The summed E-state index contributed by atoms with van der Waals surface area (Å²) in [6.07, 6.45) is -2.85. The van der Waals surface area contributed by atoms with Crippen LogP contribution >= 0.6 is 0 Å². The first-order valence-corrected chi connectivity index (χ1v) is 4.26. The van der Waals surface area contributed by atoms with Crippen LogP contribution < -0.4 is 0 Å². The monoisotopic (exact) mass is 266 g/mol. The zero-order chi connectivity index (χ0) is 11.3. The number of ketones is 1. The van der Waals surface area contributed by atoms with Crippen molar-refractivity contribution in [2.45, 2.75) is 12.2 Å². The van der Waals surface area contributed by atoms with Crippen LogP contribution in [0.15, 0.2) is 11.7 Å². The molecule has 0 aromatic carbocycles. The van der Waals surface area contributed by atoms with Crippen molar-refractivity contribution in [3.63, 3.8) is 0 Å². The second-order valence-corrected chi connectivity index (χ2v) is 2.31. The molecule has 0 aliphatic carbocycles. The van der Waals surface area contributed by atoms with E-state index in [1.807, 2.05) is 0 Å². The molecule has 0 saturated carbocycles. The van der Waals surface area contributed by atoms with Crippen molar-refractivity contribution in [2.75, 3.05) is 6.61 Å². The molecule has 7 nitrogen and oxygen atoms in total. The Hall–Kier alpha value is -0.927. The summed E-state index contributed by atoms with van der Waals surface area (Å²) < 4.78 is 12.6. The normalized spacial score (nSPS) is 22.4. The average Bonchev–Trinajstić information content (AvgIpc) is 2.48. The molecule has 1 rings (SSSR count). The number of aliphatic hydroxyl groups is 4. The predicted octanol–water partition coefficient (Wildman–Crippen LogP) is -1.91. The topological polar surface area (TPSA) is 124 Å². The van der Waals surface area contributed by atoms with Crippen LogP contribution in [0, 0.1) is 0 Å². The molecular formula is C6H8GeO7. The Morgan fingerprint density at radius 3 is 2.21 bits per heavy atom. The minimum atomic E-state index is -1.44. The number of ether oxygens (including phenoxy) is 1. The first-order valence-electron chi connectivity index (χ1n) is 3.40. The summed E-state index contributed by atoms with van der Waals surface area (Å²) in [5.41, 5.74) is 0. The molecular weight excluding hydrogens is 257 g/mol. The number of carbonyl (C=O) groups is 1. The van der Waals surface area contributed by atoms with Crippen molar-refractivity contribution in [1.29, 1.82) is 0 Å². The van der Waals surface area contributed by atoms with E-state index in [4.69, 9.17) is 24.2 Å². The Kier molecular flexibility index (Phi) is 5.35. The Bertz CT molecular complexity index is 251. The average molecular weight is 265 g/mol. The molecule has 0 bridgehead atoms. The van der Waals surface area contributed by atoms with E-state index < -0.39 is 36.3 Å². The summed E-state index contributed by atoms with van der Waals surface area (Å²) in [5, 5.41) is 34.8. The van der Waals surface area contributed by atoms with Gasteiger partial charge in [-0.3, -0.25) is 4.79 Å². The molecule has 0 aromatic heterocycles. The van der Waals surface area contributed by atoms with Crippen molar-refractivity contribution in [3.8, 4) is 0 Å². The number of carbonyl (C=O) groups excluding carboxylic acids is 1. The number of Topliss-reactive ketones (excluding diaryl/α,β-unsaturated/α-hetero) is 1. The van der Waals surface area contributed by atoms with Gasteiger partial charge in [0.2, 0.25) is 11.5 Å². The van der Waals surface area contributed by atoms with Gasteiger partial charge in [0.15, 0.2) is 6.10 Å². The fourth-order valence-electron chi connectivity index (χ4n) is 0.819. The van der Waals surface area contributed by atoms with E-state index in [2.05, 4.69) is 4.74 Å². The van der Waals surface area contributed by atoms with E-state index in [9.17, 15) is 4.79 Å². The minimum absolute atomic E-state index is 0.684. The molecule has 1 heterocycles. The first kappa shape index (κ1) is 13.1. The second-order valence-electron chi connectivity index (χ2n) is 2.31. The van der Waals surface area contributed by atoms with Crippen LogP contribution in [0.4, 0.5) is 0 Å². The van der Waals surface area contributed by atoms with Gasteiger partial charge in [0.05, 0.1) is 6.61 Å². The first-order chi connectivity index (χ1) is 6.57. The van der Waals surface area contributed by atoms with Gasteiger partial charge >= 0.3 is 26.2 Å². The Balaban J connectivity index is 0.000000791. The van der Waals surface area contributed by atoms with Gasteiger partial charge in [0, 0.05) is 0 Å². The van der Waals surface area contributed by atoms with Gasteiger partial charge < -0.3 is 25.2 Å². The van der Waals surface area contributed by atoms with Crippen LogP contribution in [-0.2, 0) is 13.3 Å². The maximum atomic E-state index is 10.9. The molecule has 0 saturated heterocycles. The van der Waals surface area contributed by atoms with Gasteiger partial charge in [-0.05, 0) is 0 Å². The maximum absolute atomic E-state index is 10.9. The van der Waals surface area contributed by atoms with Crippen LogP contribution in [-0.4, -0.2) is 61.5 Å². The van der Waals surface area contributed by atoms with Gasteiger partial charge in [-0.2, -0.15) is 0 Å². The van der Waals surface area contributed by atoms with Crippen LogP contribution in [0.1, 0.15) is 0 Å². The van der Waals surface area contributed by atoms with Crippen LogP contribution in [0.25, 0.3) is 0 Å². The van der Waals surface area contributed by atoms with E-state index in [-0.39, 0.29) is 0 Å². The van der Waals surface area contributed by atoms with E-state index in [1.54, 1.807) is 0 Å². The molecule has 0 spiro atoms. The summed E-state index contributed by atoms with van der Waals surface area (Å²) in [7, 11) is 0. The molecule has 0 amide bonds. The number of hydrogen-bond donors (Lipinski definition) is 4. The fraction of sp³-hybridized carbons (Fsp3) is 0.500. The molecule has 2 unspecified atom stereocenters. The third-order valence-electron chi connectivity index (χ3n) is 1.47. The number of aliphatic hydroxyl groups excluding tert-OH is 4. The zero-order valence-electron chi connectivity index (χ0n) is 6.88. The number of rotatable bonds is 2. The van der Waals surface area contributed by atoms with E-state index in [0.717, 1.165) is 16.5 Å². The summed E-state index contributed by atoms with van der Waals surface area (Å²) in [6, 6.07) is 0. The van der Waals surface area contributed by atoms with E-state index >= 15 is 0 Å². The SMILES string of the molecule is O=C1C(O)=C(O)OC1C(O)CO.[O]=[Ge]. The predicted molar refractivity (Wildman–Crippen MR) is 41.7 cm³/mol. The fourth-order valence-corrected chi connectivity index (χ4v) is 0.819. The second kappa shape index (κ2) is 5.73. The van der Waals surface area contributed by atoms with Crippen LogP contribution in [0.3, 0.4) is 0 Å². The summed E-state index contributed by atoms with van der Waals surface area (Å²) in [4.78, 5) is 10.9. The van der Waals surface area contributed by atoms with Gasteiger partial charge in [-0.1, -0.05) is 0 Å². The molecule has 0 fully saturated rings. The van der Waals surface area contributed by atoms with Gasteiger partial charge in [0.25, 0.3) is 0 Å². The van der Waals surface area contributed by atoms with Crippen molar-refractivity contribution in [1.82, 2.24) is 0 Å². The van der Waals surface area contributed by atoms with Gasteiger partial charge in [-0.25, -0.2) is 0 Å².